The number of amides is 1. The van der Waals surface area contributed by atoms with Crippen LogP contribution in [0.15, 0.2) is 30.5 Å². The van der Waals surface area contributed by atoms with Gasteiger partial charge in [-0.2, -0.15) is 0 Å². The Balaban J connectivity index is 2.53. The summed E-state index contributed by atoms with van der Waals surface area (Å²) < 4.78 is 0. The minimum atomic E-state index is -1.07. The molecule has 0 saturated carbocycles. The van der Waals surface area contributed by atoms with E-state index in [1.807, 2.05) is 0 Å². The van der Waals surface area contributed by atoms with Gasteiger partial charge in [-0.05, 0) is 6.07 Å². The van der Waals surface area contributed by atoms with Crippen LogP contribution in [-0.2, 0) is 4.79 Å². The van der Waals surface area contributed by atoms with Gasteiger partial charge in [-0.25, -0.2) is 4.79 Å². The average Bonchev–Trinajstić information content (AvgIpc) is 2.45. The van der Waals surface area contributed by atoms with Gasteiger partial charge in [0.25, 0.3) is 5.91 Å². The van der Waals surface area contributed by atoms with E-state index in [1.54, 1.807) is 24.3 Å². The lowest BCUT2D eigenvalue weighted by molar-refractivity contribution is 0.0400. The van der Waals surface area contributed by atoms with Crippen molar-refractivity contribution in [3.05, 3.63) is 41.6 Å². The SMILES string of the molecule is O=C=CN1C(=O)c2ccccc2C1O. The van der Waals surface area contributed by atoms with Crippen molar-refractivity contribution in [2.75, 3.05) is 0 Å². The normalized spacial score (nSPS) is 19.1. The molecule has 0 aromatic heterocycles. The zero-order valence-corrected chi connectivity index (χ0v) is 7.18. The third kappa shape index (κ3) is 1.06. The van der Waals surface area contributed by atoms with Gasteiger partial charge in [-0.3, -0.25) is 9.69 Å². The summed E-state index contributed by atoms with van der Waals surface area (Å²) in [6, 6.07) is 6.69. The van der Waals surface area contributed by atoms with Crippen molar-refractivity contribution in [2.24, 2.45) is 0 Å². The van der Waals surface area contributed by atoms with Crippen LogP contribution in [0.5, 0.6) is 0 Å². The van der Waals surface area contributed by atoms with E-state index < -0.39 is 6.23 Å². The van der Waals surface area contributed by atoms with Gasteiger partial charge in [0.05, 0.1) is 6.20 Å². The molecule has 0 aliphatic carbocycles. The molecule has 70 valence electrons. The van der Waals surface area contributed by atoms with Gasteiger partial charge in [0, 0.05) is 11.1 Å². The number of hydrogen-bond donors (Lipinski definition) is 1. The number of carbonyl (C=O) groups excluding carboxylic acids is 2. The zero-order chi connectivity index (χ0) is 10.1. The van der Waals surface area contributed by atoms with Crippen LogP contribution in [0.25, 0.3) is 0 Å². The quantitative estimate of drug-likeness (QED) is 0.653. The van der Waals surface area contributed by atoms with Crippen molar-refractivity contribution in [3.8, 4) is 0 Å². The van der Waals surface area contributed by atoms with E-state index in [2.05, 4.69) is 0 Å². The van der Waals surface area contributed by atoms with Crippen LogP contribution in [0.2, 0.25) is 0 Å². The molecule has 1 amide bonds. The van der Waals surface area contributed by atoms with Crippen LogP contribution in [-0.4, -0.2) is 21.9 Å². The third-order valence-corrected chi connectivity index (χ3v) is 2.16. The Labute approximate surface area is 80.1 Å². The first-order valence-electron chi connectivity index (χ1n) is 4.06. The fourth-order valence-corrected chi connectivity index (χ4v) is 1.50. The second-order valence-electron chi connectivity index (χ2n) is 2.92. The van der Waals surface area contributed by atoms with Gasteiger partial charge in [0.15, 0.2) is 6.23 Å². The molecule has 1 aromatic carbocycles. The van der Waals surface area contributed by atoms with Crippen molar-refractivity contribution in [2.45, 2.75) is 6.23 Å². The van der Waals surface area contributed by atoms with Crippen molar-refractivity contribution in [1.82, 2.24) is 4.90 Å². The highest BCUT2D eigenvalue weighted by atomic mass is 16.3. The highest BCUT2D eigenvalue weighted by Crippen LogP contribution is 2.30. The monoisotopic (exact) mass is 189 g/mol. The van der Waals surface area contributed by atoms with Gasteiger partial charge < -0.3 is 5.11 Å². The van der Waals surface area contributed by atoms with Gasteiger partial charge in [-0.15, -0.1) is 0 Å². The topological polar surface area (TPSA) is 57.6 Å². The summed E-state index contributed by atoms with van der Waals surface area (Å²) in [5, 5.41) is 9.64. The van der Waals surface area contributed by atoms with Crippen LogP contribution in [0.4, 0.5) is 0 Å². The van der Waals surface area contributed by atoms with Crippen molar-refractivity contribution in [1.29, 1.82) is 0 Å². The largest absolute Gasteiger partial charge is 0.369 e. The van der Waals surface area contributed by atoms with E-state index in [0.29, 0.717) is 11.1 Å². The van der Waals surface area contributed by atoms with Crippen molar-refractivity contribution < 1.29 is 14.7 Å². The first kappa shape index (κ1) is 8.69. The van der Waals surface area contributed by atoms with E-state index in [0.717, 1.165) is 11.1 Å². The number of nitrogens with zero attached hydrogens (tertiary/aromatic N) is 1. The average molecular weight is 189 g/mol. The van der Waals surface area contributed by atoms with Crippen molar-refractivity contribution in [3.63, 3.8) is 0 Å². The smallest absolute Gasteiger partial charge is 0.261 e. The Morgan fingerprint density at radius 1 is 1.43 bits per heavy atom. The summed E-state index contributed by atoms with van der Waals surface area (Å²) >= 11 is 0. The number of aliphatic hydroxyl groups excluding tert-OH is 1. The maximum absolute atomic E-state index is 11.6. The molecule has 14 heavy (non-hydrogen) atoms. The first-order valence-corrected chi connectivity index (χ1v) is 4.06. The number of aliphatic hydroxyl groups is 1. The molecule has 1 N–H and O–H groups in total. The third-order valence-electron chi connectivity index (χ3n) is 2.16. The number of carbonyl (C=O) groups is 1. The fraction of sp³-hybridized carbons (Fsp3) is 0.100. The Bertz CT molecular complexity index is 435. The Kier molecular flexibility index (Phi) is 1.93. The molecule has 4 nitrogen and oxygen atoms in total. The number of rotatable bonds is 1. The van der Waals surface area contributed by atoms with Crippen molar-refractivity contribution >= 4 is 11.8 Å². The fourth-order valence-electron chi connectivity index (χ4n) is 1.50. The molecule has 1 aliphatic heterocycles. The second-order valence-corrected chi connectivity index (χ2v) is 2.92. The van der Waals surface area contributed by atoms with E-state index >= 15 is 0 Å². The molecule has 0 spiro atoms. The zero-order valence-electron chi connectivity index (χ0n) is 7.18. The maximum Gasteiger partial charge on any atom is 0.261 e. The van der Waals surface area contributed by atoms with Crippen LogP contribution in [0, 0.1) is 0 Å². The molecular formula is C10H7NO3. The lowest BCUT2D eigenvalue weighted by atomic mass is 10.1. The van der Waals surface area contributed by atoms with Gasteiger partial charge in [-0.1, -0.05) is 18.2 Å². The lowest BCUT2D eigenvalue weighted by Gasteiger charge is -2.13. The maximum atomic E-state index is 11.6. The van der Waals surface area contributed by atoms with E-state index in [4.69, 9.17) is 0 Å². The summed E-state index contributed by atoms with van der Waals surface area (Å²) in [6.07, 6.45) is -0.160. The van der Waals surface area contributed by atoms with Crippen LogP contribution in [0.3, 0.4) is 0 Å². The molecule has 1 heterocycles. The Morgan fingerprint density at radius 3 is 2.79 bits per heavy atom. The molecule has 1 aromatic rings. The standard InChI is InChI=1S/C10H7NO3/c12-6-5-11-9(13)7-3-1-2-4-8(7)10(11)14/h1-5,9,13H. The second kappa shape index (κ2) is 3.10. The van der Waals surface area contributed by atoms with Crippen LogP contribution >= 0.6 is 0 Å². The van der Waals surface area contributed by atoms with Gasteiger partial charge >= 0.3 is 0 Å². The molecule has 0 bridgehead atoms. The van der Waals surface area contributed by atoms with E-state index in [9.17, 15) is 14.7 Å². The Hall–Kier alpha value is -1.90. The molecular weight excluding hydrogens is 182 g/mol. The van der Waals surface area contributed by atoms with Crippen LogP contribution < -0.4 is 0 Å². The highest BCUT2D eigenvalue weighted by Gasteiger charge is 2.33. The number of hydrogen-bond acceptors (Lipinski definition) is 3. The Morgan fingerprint density at radius 2 is 2.14 bits per heavy atom. The molecule has 2 rings (SSSR count). The predicted octanol–water partition coefficient (Wildman–Crippen LogP) is 0.479. The summed E-state index contributed by atoms with van der Waals surface area (Å²) in [4.78, 5) is 22.6. The molecule has 1 unspecified atom stereocenters. The first-order chi connectivity index (χ1) is 6.75. The summed E-state index contributed by atoms with van der Waals surface area (Å²) in [5.74, 6) is 1.10. The van der Waals surface area contributed by atoms with Crippen LogP contribution in [0.1, 0.15) is 22.1 Å². The molecule has 0 radical (unpaired) electrons. The summed E-state index contributed by atoms with van der Waals surface area (Å²) in [6.45, 7) is 0. The highest BCUT2D eigenvalue weighted by molar-refractivity contribution is 6.00. The molecule has 0 saturated heterocycles. The lowest BCUT2D eigenvalue weighted by Crippen LogP contribution is -2.21. The van der Waals surface area contributed by atoms with Gasteiger partial charge in [0.1, 0.15) is 5.94 Å². The minimum Gasteiger partial charge on any atom is -0.369 e. The number of fused-ring (bicyclic) bond motifs is 1. The van der Waals surface area contributed by atoms with E-state index in [-0.39, 0.29) is 5.91 Å². The minimum absolute atomic E-state index is 0.378. The van der Waals surface area contributed by atoms with Gasteiger partial charge in [0.2, 0.25) is 0 Å². The predicted molar refractivity (Wildman–Crippen MR) is 47.8 cm³/mol. The molecule has 0 fully saturated rings. The molecule has 4 heteroatoms. The number of benzene rings is 1. The molecule has 1 atom stereocenters. The van der Waals surface area contributed by atoms with E-state index in [1.165, 1.54) is 5.94 Å². The molecule has 1 aliphatic rings. The summed E-state index contributed by atoms with van der Waals surface area (Å²) in [5.41, 5.74) is 0.940. The summed E-state index contributed by atoms with van der Waals surface area (Å²) in [7, 11) is 0.